The lowest BCUT2D eigenvalue weighted by molar-refractivity contribution is -0.135. The Bertz CT molecular complexity index is 2390. The molecule has 0 radical (unpaired) electrons. The van der Waals surface area contributed by atoms with Gasteiger partial charge in [-0.05, 0) is 67.6 Å². The molecule has 8 rings (SSSR count). The van der Waals surface area contributed by atoms with Gasteiger partial charge in [-0.1, -0.05) is 24.3 Å². The lowest BCUT2D eigenvalue weighted by atomic mass is 10.0. The van der Waals surface area contributed by atoms with Crippen molar-refractivity contribution < 1.29 is 32.3 Å². The molecule has 13 nitrogen and oxygen atoms in total. The Morgan fingerprint density at radius 1 is 0.729 bits per heavy atom. The van der Waals surface area contributed by atoms with Crippen LogP contribution in [-0.4, -0.2) is 129 Å². The summed E-state index contributed by atoms with van der Waals surface area (Å²) in [6, 6.07) is 15.3. The van der Waals surface area contributed by atoms with Crippen molar-refractivity contribution in [3.8, 4) is 11.3 Å². The van der Waals surface area contributed by atoms with Gasteiger partial charge in [-0.2, -0.15) is 5.10 Å². The van der Waals surface area contributed by atoms with E-state index < -0.39 is 34.8 Å². The molecule has 16 heteroatoms. The lowest BCUT2D eigenvalue weighted by Crippen LogP contribution is -2.53. The smallest absolute Gasteiger partial charge is 0.272 e. The minimum atomic E-state index is -0.938. The summed E-state index contributed by atoms with van der Waals surface area (Å²) < 4.78 is 51.4. The number of hydrogen-bond donors (Lipinski definition) is 1. The molecule has 0 spiro atoms. The van der Waals surface area contributed by atoms with E-state index in [1.807, 2.05) is 6.07 Å². The van der Waals surface area contributed by atoms with E-state index in [1.54, 1.807) is 34.1 Å². The average Bonchev–Trinajstić information content (AvgIpc) is 3.26. The number of nitrogens with zero attached hydrogens (tertiary/aromatic N) is 7. The summed E-state index contributed by atoms with van der Waals surface area (Å²) in [6.07, 6.45) is 5.53. The summed E-state index contributed by atoms with van der Waals surface area (Å²) in [7, 11) is 0. The zero-order valence-corrected chi connectivity index (χ0v) is 32.3. The van der Waals surface area contributed by atoms with E-state index in [4.69, 9.17) is 4.74 Å². The first-order valence-corrected chi connectivity index (χ1v) is 19.9. The summed E-state index contributed by atoms with van der Waals surface area (Å²) in [5, 5.41) is 7.91. The van der Waals surface area contributed by atoms with E-state index in [2.05, 4.69) is 25.1 Å². The van der Waals surface area contributed by atoms with Crippen molar-refractivity contribution in [1.82, 2.24) is 39.8 Å². The minimum absolute atomic E-state index is 0.00128. The van der Waals surface area contributed by atoms with E-state index in [9.17, 15) is 23.6 Å². The lowest BCUT2D eigenvalue weighted by Gasteiger charge is -2.38. The second-order valence-corrected chi connectivity index (χ2v) is 15.2. The fraction of sp³-hybridized carbons (Fsp3) is 0.372. The quantitative estimate of drug-likeness (QED) is 0.228. The highest BCUT2D eigenvalue weighted by molar-refractivity contribution is 5.96. The van der Waals surface area contributed by atoms with Crippen molar-refractivity contribution in [2.75, 3.05) is 58.9 Å². The molecule has 0 unspecified atom stereocenters. The maximum absolute atomic E-state index is 15.0. The third-order valence-electron chi connectivity index (χ3n) is 11.5. The van der Waals surface area contributed by atoms with Crippen molar-refractivity contribution in [3.63, 3.8) is 0 Å². The van der Waals surface area contributed by atoms with E-state index in [0.717, 1.165) is 25.0 Å². The molecule has 3 aromatic carbocycles. The summed E-state index contributed by atoms with van der Waals surface area (Å²) in [6.45, 7) is 3.47. The van der Waals surface area contributed by atoms with E-state index in [1.165, 1.54) is 35.6 Å². The Hall–Kier alpha value is -6.00. The third kappa shape index (κ3) is 8.88. The number of H-pyrrole nitrogens is 1. The van der Waals surface area contributed by atoms with Gasteiger partial charge in [0.05, 0.1) is 41.1 Å². The van der Waals surface area contributed by atoms with Gasteiger partial charge >= 0.3 is 0 Å². The molecule has 3 saturated heterocycles. The van der Waals surface area contributed by atoms with E-state index in [-0.39, 0.29) is 54.4 Å². The molecule has 0 aliphatic carbocycles. The van der Waals surface area contributed by atoms with E-state index >= 15 is 8.78 Å². The van der Waals surface area contributed by atoms with Crippen LogP contribution in [0, 0.1) is 17.5 Å². The SMILES string of the molecule is O=C(CN1CCC(OC2CCN(C(=O)c3c(F)cc(-c4ccncn4)cc3F)CC2)CC1)N1CCN(C(=O)c2cc(Cc3n[nH]c(=O)c4ccccc34)ccc2F)CC1. The molecular weight excluding hydrogens is 766 g/mol. The molecular formula is C43H43F3N8O5. The molecule has 0 atom stereocenters. The van der Waals surface area contributed by atoms with Crippen LogP contribution >= 0.6 is 0 Å². The number of rotatable bonds is 9. The number of carbonyl (C=O) groups excluding carboxylic acids is 3. The highest BCUT2D eigenvalue weighted by Gasteiger charge is 2.32. The number of piperazine rings is 1. The number of aromatic nitrogens is 4. The molecule has 3 amide bonds. The number of amides is 3. The second kappa shape index (κ2) is 17.5. The number of likely N-dealkylation sites (tertiary alicyclic amines) is 2. The fourth-order valence-corrected chi connectivity index (χ4v) is 8.18. The van der Waals surface area contributed by atoms with Gasteiger partial charge in [-0.15, -0.1) is 0 Å². The fourth-order valence-electron chi connectivity index (χ4n) is 8.18. The van der Waals surface area contributed by atoms with Crippen LogP contribution in [-0.2, 0) is 16.0 Å². The first-order valence-electron chi connectivity index (χ1n) is 19.9. The van der Waals surface area contributed by atoms with Crippen molar-refractivity contribution in [1.29, 1.82) is 0 Å². The number of carbonyl (C=O) groups is 3. The molecule has 3 fully saturated rings. The highest BCUT2D eigenvalue weighted by Crippen LogP contribution is 2.27. The second-order valence-electron chi connectivity index (χ2n) is 15.2. The van der Waals surface area contributed by atoms with Crippen LogP contribution in [0.1, 0.15) is 57.7 Å². The molecule has 0 bridgehead atoms. The Labute approximate surface area is 337 Å². The third-order valence-corrected chi connectivity index (χ3v) is 11.5. The Morgan fingerprint density at radius 2 is 1.37 bits per heavy atom. The predicted molar refractivity (Wildman–Crippen MR) is 211 cm³/mol. The molecule has 5 aromatic rings. The van der Waals surface area contributed by atoms with Gasteiger partial charge in [0.1, 0.15) is 29.3 Å². The van der Waals surface area contributed by atoms with Crippen LogP contribution in [0.25, 0.3) is 22.0 Å². The number of hydrogen-bond acceptors (Lipinski definition) is 9. The molecule has 1 N–H and O–H groups in total. The van der Waals surface area contributed by atoms with E-state index in [0.29, 0.717) is 86.3 Å². The first-order chi connectivity index (χ1) is 28.6. The van der Waals surface area contributed by atoms with Gasteiger partial charge in [-0.3, -0.25) is 24.1 Å². The minimum Gasteiger partial charge on any atom is -0.375 e. The van der Waals surface area contributed by atoms with Crippen LogP contribution < -0.4 is 5.56 Å². The van der Waals surface area contributed by atoms with Gasteiger partial charge < -0.3 is 19.4 Å². The van der Waals surface area contributed by atoms with Crippen LogP contribution in [0.5, 0.6) is 0 Å². The standard InChI is InChI=1S/C43H43F3N8O5/c44-34-6-5-27(22-38-31-3-1-2-4-32(31)41(56)50-49-38)21-33(34)42(57)54-19-17-52(18-20-54)39(55)25-51-13-8-29(9-14-51)59-30-10-15-53(16-11-30)43(58)40-35(45)23-28(24-36(40)46)37-7-12-47-26-48-37/h1-7,12,21,23-24,26,29-30H,8-11,13-20,22,25H2,(H,50,56). The largest absolute Gasteiger partial charge is 0.375 e. The molecule has 0 saturated carbocycles. The normalized spacial score (nSPS) is 17.1. The van der Waals surface area contributed by atoms with Gasteiger partial charge in [0.2, 0.25) is 5.91 Å². The maximum atomic E-state index is 15.0. The summed E-state index contributed by atoms with van der Waals surface area (Å²) in [5.74, 6) is -3.66. The van der Waals surface area contributed by atoms with Gasteiger partial charge in [0.15, 0.2) is 0 Å². The number of piperidine rings is 2. The topological polar surface area (TPSA) is 145 Å². The molecule has 59 heavy (non-hydrogen) atoms. The molecule has 3 aliphatic rings. The number of aromatic amines is 1. The number of nitrogens with one attached hydrogen (secondary N) is 1. The van der Waals surface area contributed by atoms with Crippen molar-refractivity contribution in [2.45, 2.75) is 44.3 Å². The number of ether oxygens (including phenoxy) is 1. The van der Waals surface area contributed by atoms with Crippen LogP contribution in [0.2, 0.25) is 0 Å². The van der Waals surface area contributed by atoms with Gasteiger partial charge in [-0.25, -0.2) is 28.2 Å². The molecule has 5 heterocycles. The Kier molecular flexibility index (Phi) is 11.8. The van der Waals surface area contributed by atoms with Crippen molar-refractivity contribution >= 4 is 28.5 Å². The van der Waals surface area contributed by atoms with Crippen LogP contribution in [0.3, 0.4) is 0 Å². The maximum Gasteiger partial charge on any atom is 0.272 e. The number of fused-ring (bicyclic) bond motifs is 1. The predicted octanol–water partition coefficient (Wildman–Crippen LogP) is 4.46. The molecule has 2 aromatic heterocycles. The molecule has 3 aliphatic heterocycles. The zero-order valence-electron chi connectivity index (χ0n) is 32.3. The number of benzene rings is 3. The summed E-state index contributed by atoms with van der Waals surface area (Å²) >= 11 is 0. The summed E-state index contributed by atoms with van der Waals surface area (Å²) in [4.78, 5) is 66.8. The Balaban J connectivity index is 0.765. The van der Waals surface area contributed by atoms with Crippen LogP contribution in [0.15, 0.2) is 78.0 Å². The average molecular weight is 809 g/mol. The van der Waals surface area contributed by atoms with Crippen LogP contribution in [0.4, 0.5) is 13.2 Å². The summed E-state index contributed by atoms with van der Waals surface area (Å²) in [5.41, 5.74) is 0.933. The molecule has 306 valence electrons. The monoisotopic (exact) mass is 808 g/mol. The Morgan fingerprint density at radius 3 is 2.05 bits per heavy atom. The zero-order chi connectivity index (χ0) is 41.0. The van der Waals surface area contributed by atoms with Crippen molar-refractivity contribution in [3.05, 3.63) is 123 Å². The van der Waals surface area contributed by atoms with Crippen molar-refractivity contribution in [2.24, 2.45) is 0 Å². The highest BCUT2D eigenvalue weighted by atomic mass is 19.1. The van der Waals surface area contributed by atoms with Gasteiger partial charge in [0, 0.05) is 75.9 Å². The first kappa shape index (κ1) is 39.8. The number of halogens is 3. The van der Waals surface area contributed by atoms with Gasteiger partial charge in [0.25, 0.3) is 17.4 Å².